The van der Waals surface area contributed by atoms with Crippen LogP contribution in [0.15, 0.2) is 67.3 Å². The van der Waals surface area contributed by atoms with E-state index in [9.17, 15) is 14.4 Å². The Morgan fingerprint density at radius 2 is 1.76 bits per heavy atom. The van der Waals surface area contributed by atoms with E-state index >= 15 is 0 Å². The maximum absolute atomic E-state index is 14.0. The van der Waals surface area contributed by atoms with E-state index in [4.69, 9.17) is 0 Å². The smallest absolute Gasteiger partial charge is 0.253 e. The molecule has 0 unspecified atom stereocenters. The summed E-state index contributed by atoms with van der Waals surface area (Å²) >= 11 is 1.70. The molecule has 0 bridgehead atoms. The molecule has 3 heterocycles. The number of rotatable bonds is 7. The second kappa shape index (κ2) is 8.47. The van der Waals surface area contributed by atoms with Crippen molar-refractivity contribution in [3.63, 3.8) is 0 Å². The predicted octanol–water partition coefficient (Wildman–Crippen LogP) is 2.94. The van der Waals surface area contributed by atoms with E-state index in [0.717, 1.165) is 22.6 Å². The molecule has 7 heteroatoms. The van der Waals surface area contributed by atoms with E-state index in [-0.39, 0.29) is 30.3 Å². The summed E-state index contributed by atoms with van der Waals surface area (Å²) < 4.78 is 0. The van der Waals surface area contributed by atoms with Crippen molar-refractivity contribution in [2.45, 2.75) is 24.5 Å². The predicted molar refractivity (Wildman–Crippen MR) is 130 cm³/mol. The molecule has 4 atom stereocenters. The highest BCUT2D eigenvalue weighted by Gasteiger charge is 2.71. The van der Waals surface area contributed by atoms with Crippen LogP contribution in [0.5, 0.6) is 0 Å². The van der Waals surface area contributed by atoms with Gasteiger partial charge in [0.1, 0.15) is 5.54 Å². The van der Waals surface area contributed by atoms with Crippen LogP contribution in [0.2, 0.25) is 0 Å². The number of fused-ring (bicyclic) bond motifs is 4. The number of hydrogen-bond acceptors (Lipinski definition) is 5. The molecule has 0 radical (unpaired) electrons. The van der Waals surface area contributed by atoms with E-state index in [0.29, 0.717) is 13.0 Å². The molecule has 0 aliphatic carbocycles. The summed E-state index contributed by atoms with van der Waals surface area (Å²) in [6.45, 7) is 4.38. The third-order valence-electron chi connectivity index (χ3n) is 7.09. The average Bonchev–Trinajstić information content (AvgIpc) is 3.39. The number of likely N-dealkylation sites (tertiary alicyclic amines) is 1. The maximum Gasteiger partial charge on any atom is 0.253 e. The van der Waals surface area contributed by atoms with Crippen LogP contribution < -0.4 is 10.2 Å². The molecule has 33 heavy (non-hydrogen) atoms. The molecule has 2 saturated heterocycles. The SMILES string of the molecule is C=CCN1C(=O)[C@]2(N[C@H](CCSC)[C@@H]3C(=O)N(Cc4ccccc4)C(=O)[C@H]32)c2ccccc21. The molecule has 0 saturated carbocycles. The maximum atomic E-state index is 14.0. The van der Waals surface area contributed by atoms with Crippen molar-refractivity contribution in [3.05, 3.63) is 78.4 Å². The molecule has 5 rings (SSSR count). The van der Waals surface area contributed by atoms with Crippen LogP contribution in [0.3, 0.4) is 0 Å². The van der Waals surface area contributed by atoms with Crippen molar-refractivity contribution in [1.29, 1.82) is 0 Å². The van der Waals surface area contributed by atoms with Gasteiger partial charge in [-0.05, 0) is 30.1 Å². The van der Waals surface area contributed by atoms with Crippen LogP contribution in [-0.2, 0) is 26.5 Å². The number of carbonyl (C=O) groups excluding carboxylic acids is 3. The molecule has 6 nitrogen and oxygen atoms in total. The molecule has 2 aromatic carbocycles. The summed E-state index contributed by atoms with van der Waals surface area (Å²) in [5.41, 5.74) is 1.22. The topological polar surface area (TPSA) is 69.7 Å². The number of hydrogen-bond donors (Lipinski definition) is 1. The van der Waals surface area contributed by atoms with Crippen molar-refractivity contribution in [1.82, 2.24) is 10.2 Å². The molecule has 3 aliphatic heterocycles. The molecule has 3 aliphatic rings. The van der Waals surface area contributed by atoms with E-state index in [1.165, 1.54) is 4.90 Å². The van der Waals surface area contributed by atoms with Gasteiger partial charge in [-0.2, -0.15) is 11.8 Å². The van der Waals surface area contributed by atoms with Gasteiger partial charge in [-0.25, -0.2) is 0 Å². The van der Waals surface area contributed by atoms with Crippen LogP contribution in [0, 0.1) is 11.8 Å². The first-order valence-electron chi connectivity index (χ1n) is 11.2. The molecular weight excluding hydrogens is 434 g/mol. The summed E-state index contributed by atoms with van der Waals surface area (Å²) in [4.78, 5) is 44.6. The first-order chi connectivity index (χ1) is 16.0. The van der Waals surface area contributed by atoms with Gasteiger partial charge in [-0.1, -0.05) is 54.6 Å². The Bertz CT molecular complexity index is 1120. The van der Waals surface area contributed by atoms with Gasteiger partial charge in [0.25, 0.3) is 5.91 Å². The minimum absolute atomic E-state index is 0.173. The molecule has 2 aromatic rings. The Morgan fingerprint density at radius 1 is 1.03 bits per heavy atom. The first kappa shape index (κ1) is 21.9. The van der Waals surface area contributed by atoms with Crippen molar-refractivity contribution in [2.75, 3.05) is 23.5 Å². The molecule has 1 spiro atoms. The molecule has 170 valence electrons. The third-order valence-corrected chi connectivity index (χ3v) is 7.73. The molecule has 1 N–H and O–H groups in total. The fourth-order valence-electron chi connectivity index (χ4n) is 5.73. The van der Waals surface area contributed by atoms with Crippen LogP contribution in [0.1, 0.15) is 17.5 Å². The molecule has 2 fully saturated rings. The highest BCUT2D eigenvalue weighted by Crippen LogP contribution is 2.55. The largest absolute Gasteiger partial charge is 0.306 e. The standard InChI is InChI=1S/C26H27N3O3S/c1-3-14-28-20-12-8-7-11-18(20)26(25(28)32)22-21(19(27-26)13-15-33-2)23(30)29(24(22)31)16-17-9-5-4-6-10-17/h3-12,19,21-22,27H,1,13-16H2,2H3/t19-,21+,22+,26+/m1/s1. The van der Waals surface area contributed by atoms with Gasteiger partial charge in [0.15, 0.2) is 0 Å². The normalized spacial score (nSPS) is 28.0. The minimum Gasteiger partial charge on any atom is -0.306 e. The number of imide groups is 1. The minimum atomic E-state index is -1.23. The van der Waals surface area contributed by atoms with E-state index < -0.39 is 17.4 Å². The van der Waals surface area contributed by atoms with E-state index in [2.05, 4.69) is 11.9 Å². The van der Waals surface area contributed by atoms with Crippen molar-refractivity contribution >= 4 is 35.2 Å². The Hall–Kier alpha value is -2.90. The lowest BCUT2D eigenvalue weighted by atomic mass is 9.76. The van der Waals surface area contributed by atoms with Gasteiger partial charge in [-0.15, -0.1) is 6.58 Å². The summed E-state index contributed by atoms with van der Waals surface area (Å²) in [7, 11) is 0. The Kier molecular flexibility index (Phi) is 5.62. The summed E-state index contributed by atoms with van der Waals surface area (Å²) in [5, 5.41) is 3.54. The lowest BCUT2D eigenvalue weighted by molar-refractivity contribution is -0.143. The monoisotopic (exact) mass is 461 g/mol. The summed E-state index contributed by atoms with van der Waals surface area (Å²) in [5.74, 6) is -1.11. The fraction of sp³-hybridized carbons (Fsp3) is 0.346. The van der Waals surface area contributed by atoms with Crippen molar-refractivity contribution in [3.8, 4) is 0 Å². The quantitative estimate of drug-likeness (QED) is 0.507. The van der Waals surface area contributed by atoms with Crippen LogP contribution in [-0.4, -0.2) is 47.2 Å². The number of nitrogens with one attached hydrogen (secondary N) is 1. The Balaban J connectivity index is 1.61. The first-order valence-corrected chi connectivity index (χ1v) is 12.6. The Labute approximate surface area is 198 Å². The number of para-hydroxylation sites is 1. The van der Waals surface area contributed by atoms with E-state index in [1.807, 2.05) is 60.9 Å². The zero-order valence-corrected chi connectivity index (χ0v) is 19.4. The molecule has 0 aromatic heterocycles. The van der Waals surface area contributed by atoms with Crippen molar-refractivity contribution < 1.29 is 14.4 Å². The van der Waals surface area contributed by atoms with Crippen LogP contribution in [0.25, 0.3) is 0 Å². The number of carbonyl (C=O) groups is 3. The van der Waals surface area contributed by atoms with Gasteiger partial charge >= 0.3 is 0 Å². The van der Waals surface area contributed by atoms with Gasteiger partial charge in [0.05, 0.1) is 18.4 Å². The van der Waals surface area contributed by atoms with Crippen LogP contribution in [0.4, 0.5) is 5.69 Å². The lowest BCUT2D eigenvalue weighted by Gasteiger charge is -2.30. The number of amides is 3. The lowest BCUT2D eigenvalue weighted by Crippen LogP contribution is -2.55. The zero-order chi connectivity index (χ0) is 23.2. The second-order valence-electron chi connectivity index (χ2n) is 8.81. The van der Waals surface area contributed by atoms with Gasteiger partial charge in [0.2, 0.25) is 11.8 Å². The van der Waals surface area contributed by atoms with Crippen molar-refractivity contribution in [2.24, 2.45) is 11.8 Å². The second-order valence-corrected chi connectivity index (χ2v) is 9.80. The fourth-order valence-corrected chi connectivity index (χ4v) is 6.22. The molecular formula is C26H27N3O3S. The highest BCUT2D eigenvalue weighted by molar-refractivity contribution is 7.98. The third kappa shape index (κ3) is 3.17. The van der Waals surface area contributed by atoms with Gasteiger partial charge < -0.3 is 4.90 Å². The zero-order valence-electron chi connectivity index (χ0n) is 18.6. The number of anilines is 1. The molecule has 3 amide bonds. The van der Waals surface area contributed by atoms with Gasteiger partial charge in [0, 0.05) is 23.8 Å². The number of nitrogens with zero attached hydrogens (tertiary/aromatic N) is 2. The Morgan fingerprint density at radius 3 is 2.48 bits per heavy atom. The van der Waals surface area contributed by atoms with E-state index in [1.54, 1.807) is 22.7 Å². The highest BCUT2D eigenvalue weighted by atomic mass is 32.2. The summed E-state index contributed by atoms with van der Waals surface area (Å²) in [6.07, 6.45) is 4.42. The number of benzene rings is 2. The van der Waals surface area contributed by atoms with Gasteiger partial charge in [-0.3, -0.25) is 24.6 Å². The summed E-state index contributed by atoms with van der Waals surface area (Å²) in [6, 6.07) is 16.9. The average molecular weight is 462 g/mol. The number of thioether (sulfide) groups is 1. The van der Waals surface area contributed by atoms with Crippen LogP contribution >= 0.6 is 11.8 Å².